The number of hydrogen-bond acceptors (Lipinski definition) is 3. The number of hydrogen-bond donors (Lipinski definition) is 2. The second kappa shape index (κ2) is 11.4. The molecule has 126 valence electrons. The fourth-order valence-electron chi connectivity index (χ4n) is 2.13. The van der Waals surface area contributed by atoms with Crippen LogP contribution in [0.15, 0.2) is 40.7 Å². The molecule has 4 nitrogen and oxygen atoms in total. The van der Waals surface area contributed by atoms with Crippen LogP contribution < -0.4 is 10.6 Å². The van der Waals surface area contributed by atoms with Crippen molar-refractivity contribution < 1.29 is 0 Å². The zero-order valence-corrected chi connectivity index (χ0v) is 16.9. The summed E-state index contributed by atoms with van der Waals surface area (Å²) in [6.45, 7) is 3.86. The van der Waals surface area contributed by atoms with Crippen LogP contribution in [-0.4, -0.2) is 31.1 Å². The van der Waals surface area contributed by atoms with E-state index in [1.165, 1.54) is 10.6 Å². The molecule has 0 unspecified atom stereocenters. The summed E-state index contributed by atoms with van der Waals surface area (Å²) in [5.41, 5.74) is 2.49. The van der Waals surface area contributed by atoms with Crippen LogP contribution in [0.4, 0.5) is 0 Å². The minimum Gasteiger partial charge on any atom is -0.356 e. The average molecular weight is 444 g/mol. The molecule has 6 heteroatoms. The molecule has 0 fully saturated rings. The first kappa shape index (κ1) is 19.9. The number of aliphatic imine (C=N–C) groups is 1. The van der Waals surface area contributed by atoms with Gasteiger partial charge in [-0.1, -0.05) is 37.3 Å². The van der Waals surface area contributed by atoms with E-state index in [-0.39, 0.29) is 24.0 Å². The monoisotopic (exact) mass is 444 g/mol. The molecule has 0 aliphatic carbocycles. The van der Waals surface area contributed by atoms with Crippen LogP contribution in [0.25, 0.3) is 0 Å². The minimum absolute atomic E-state index is 0. The summed E-state index contributed by atoms with van der Waals surface area (Å²) in [6.07, 6.45) is 2.93. The maximum atomic E-state index is 4.57. The van der Waals surface area contributed by atoms with E-state index in [4.69, 9.17) is 0 Å². The van der Waals surface area contributed by atoms with E-state index in [9.17, 15) is 0 Å². The summed E-state index contributed by atoms with van der Waals surface area (Å²) in [5.74, 6) is 0.849. The van der Waals surface area contributed by atoms with Crippen molar-refractivity contribution >= 4 is 41.3 Å². The third kappa shape index (κ3) is 7.30. The Kier molecular flexibility index (Phi) is 9.86. The molecule has 0 bridgehead atoms. The van der Waals surface area contributed by atoms with Crippen molar-refractivity contribution in [1.29, 1.82) is 0 Å². The molecule has 23 heavy (non-hydrogen) atoms. The van der Waals surface area contributed by atoms with Gasteiger partial charge in [-0.3, -0.25) is 4.99 Å². The molecule has 1 heterocycles. The molecule has 1 aromatic heterocycles. The van der Waals surface area contributed by atoms with Crippen LogP contribution in [0, 0.1) is 0 Å². The Labute approximate surface area is 159 Å². The number of thiazole rings is 1. The Bertz CT molecular complexity index is 583. The van der Waals surface area contributed by atoms with Crippen molar-refractivity contribution in [1.82, 2.24) is 15.6 Å². The van der Waals surface area contributed by atoms with Gasteiger partial charge < -0.3 is 10.6 Å². The number of guanidine groups is 1. The van der Waals surface area contributed by atoms with E-state index < -0.39 is 0 Å². The molecule has 0 aliphatic heterocycles. The van der Waals surface area contributed by atoms with E-state index in [0.717, 1.165) is 44.0 Å². The molecule has 0 atom stereocenters. The molecule has 2 aromatic rings. The molecule has 0 spiro atoms. The summed E-state index contributed by atoms with van der Waals surface area (Å²) >= 11 is 1.74. The molecular formula is C17H25IN4S. The highest BCUT2D eigenvalue weighted by atomic mass is 127. The first-order valence-corrected chi connectivity index (χ1v) is 8.61. The van der Waals surface area contributed by atoms with Crippen molar-refractivity contribution in [3.63, 3.8) is 0 Å². The Hall–Kier alpha value is -1.15. The Balaban J connectivity index is 0.00000264. The molecule has 0 amide bonds. The number of halogens is 1. The van der Waals surface area contributed by atoms with Gasteiger partial charge in [0, 0.05) is 31.9 Å². The molecule has 0 radical (unpaired) electrons. The van der Waals surface area contributed by atoms with E-state index in [0.29, 0.717) is 0 Å². The zero-order valence-electron chi connectivity index (χ0n) is 13.7. The van der Waals surface area contributed by atoms with Crippen molar-refractivity contribution in [3.05, 3.63) is 52.0 Å². The van der Waals surface area contributed by atoms with Crippen LogP contribution >= 0.6 is 35.3 Å². The van der Waals surface area contributed by atoms with E-state index >= 15 is 0 Å². The topological polar surface area (TPSA) is 49.3 Å². The number of benzene rings is 1. The maximum absolute atomic E-state index is 4.57. The highest BCUT2D eigenvalue weighted by Crippen LogP contribution is 2.10. The lowest BCUT2D eigenvalue weighted by Crippen LogP contribution is -2.39. The van der Waals surface area contributed by atoms with Crippen LogP contribution in [-0.2, 0) is 19.3 Å². The highest BCUT2D eigenvalue weighted by Gasteiger charge is 2.01. The molecule has 0 saturated heterocycles. The van der Waals surface area contributed by atoms with Gasteiger partial charge in [0.2, 0.25) is 0 Å². The van der Waals surface area contributed by atoms with Crippen molar-refractivity contribution in [3.8, 4) is 0 Å². The molecule has 2 N–H and O–H groups in total. The molecular weight excluding hydrogens is 419 g/mol. The summed E-state index contributed by atoms with van der Waals surface area (Å²) < 4.78 is 0. The van der Waals surface area contributed by atoms with Gasteiger partial charge in [0.15, 0.2) is 5.96 Å². The van der Waals surface area contributed by atoms with Gasteiger partial charge in [0.1, 0.15) is 0 Å². The summed E-state index contributed by atoms with van der Waals surface area (Å²) in [4.78, 5) is 8.82. The number of nitrogens with one attached hydrogen (secondary N) is 2. The van der Waals surface area contributed by atoms with Crippen molar-refractivity contribution in [2.45, 2.75) is 26.2 Å². The third-order valence-corrected chi connectivity index (χ3v) is 4.39. The van der Waals surface area contributed by atoms with Gasteiger partial charge in [-0.05, 0) is 18.4 Å². The number of aryl methyl sites for hydroxylation is 1. The molecule has 1 aromatic carbocycles. The lowest BCUT2D eigenvalue weighted by molar-refractivity contribution is 0.776. The largest absolute Gasteiger partial charge is 0.356 e. The van der Waals surface area contributed by atoms with Gasteiger partial charge in [-0.15, -0.1) is 35.3 Å². The lowest BCUT2D eigenvalue weighted by Gasteiger charge is -2.11. The van der Waals surface area contributed by atoms with E-state index in [2.05, 4.69) is 57.2 Å². The average Bonchev–Trinajstić information content (AvgIpc) is 3.02. The number of aromatic nitrogens is 1. The fourth-order valence-corrected chi connectivity index (χ4v) is 2.90. The molecule has 2 rings (SSSR count). The Morgan fingerprint density at radius 2 is 1.83 bits per heavy atom. The quantitative estimate of drug-likeness (QED) is 0.392. The van der Waals surface area contributed by atoms with Crippen LogP contribution in [0.2, 0.25) is 0 Å². The van der Waals surface area contributed by atoms with Gasteiger partial charge in [-0.25, -0.2) is 4.98 Å². The first-order chi connectivity index (χ1) is 10.8. The third-order valence-electron chi connectivity index (χ3n) is 3.35. The zero-order chi connectivity index (χ0) is 15.6. The normalized spacial score (nSPS) is 11.0. The molecule has 0 aliphatic rings. The number of nitrogens with zero attached hydrogens (tertiary/aromatic N) is 2. The standard InChI is InChI=1S/C17H24N4S.HI/c1-3-16-21-15(13-22-16)10-12-20-17(18-2)19-11-9-14-7-5-4-6-8-14;/h4-8,13H,3,9-12H2,1-2H3,(H2,18,19,20);1H. The summed E-state index contributed by atoms with van der Waals surface area (Å²) in [7, 11) is 1.80. The molecule has 0 saturated carbocycles. The van der Waals surface area contributed by atoms with Gasteiger partial charge >= 0.3 is 0 Å². The van der Waals surface area contributed by atoms with Crippen LogP contribution in [0.5, 0.6) is 0 Å². The van der Waals surface area contributed by atoms with Gasteiger partial charge in [0.25, 0.3) is 0 Å². The Morgan fingerprint density at radius 1 is 1.13 bits per heavy atom. The lowest BCUT2D eigenvalue weighted by atomic mass is 10.1. The maximum Gasteiger partial charge on any atom is 0.190 e. The smallest absolute Gasteiger partial charge is 0.190 e. The van der Waals surface area contributed by atoms with Crippen molar-refractivity contribution in [2.24, 2.45) is 4.99 Å². The SMILES string of the molecule is CCc1nc(CCNC(=NC)NCCc2ccccc2)cs1.I. The summed E-state index contributed by atoms with van der Waals surface area (Å²) in [6, 6.07) is 10.5. The van der Waals surface area contributed by atoms with E-state index in [1.54, 1.807) is 18.4 Å². The second-order valence-corrected chi connectivity index (χ2v) is 5.94. The number of rotatable bonds is 7. The Morgan fingerprint density at radius 3 is 2.43 bits per heavy atom. The van der Waals surface area contributed by atoms with Crippen molar-refractivity contribution in [2.75, 3.05) is 20.1 Å². The van der Waals surface area contributed by atoms with Gasteiger partial charge in [0.05, 0.1) is 10.7 Å². The first-order valence-electron chi connectivity index (χ1n) is 7.73. The minimum atomic E-state index is 0. The predicted molar refractivity (Wildman–Crippen MR) is 110 cm³/mol. The van der Waals surface area contributed by atoms with Gasteiger partial charge in [-0.2, -0.15) is 0 Å². The predicted octanol–water partition coefficient (Wildman–Crippen LogP) is 3.27. The van der Waals surface area contributed by atoms with Crippen LogP contribution in [0.3, 0.4) is 0 Å². The second-order valence-electron chi connectivity index (χ2n) is 5.00. The summed E-state index contributed by atoms with van der Waals surface area (Å²) in [5, 5.41) is 10.0. The fraction of sp³-hybridized carbons (Fsp3) is 0.412. The highest BCUT2D eigenvalue weighted by molar-refractivity contribution is 14.0. The van der Waals surface area contributed by atoms with Crippen LogP contribution in [0.1, 0.15) is 23.2 Å². The van der Waals surface area contributed by atoms with E-state index in [1.807, 2.05) is 6.07 Å².